The van der Waals surface area contributed by atoms with Crippen molar-refractivity contribution in [1.29, 1.82) is 0 Å². The fourth-order valence-electron chi connectivity index (χ4n) is 2.40. The molecule has 3 aromatic carbocycles. The van der Waals surface area contributed by atoms with Crippen LogP contribution in [0, 0.1) is 0 Å². The molecule has 4 nitrogen and oxygen atoms in total. The molecule has 0 aliphatic rings. The van der Waals surface area contributed by atoms with Crippen LogP contribution >= 0.6 is 65.8 Å². The van der Waals surface area contributed by atoms with Crippen LogP contribution in [0.3, 0.4) is 0 Å². The number of phosphoric acid groups is 1. The summed E-state index contributed by atoms with van der Waals surface area (Å²) in [5.74, 6) is 0.576. The van der Waals surface area contributed by atoms with Gasteiger partial charge in [-0.2, -0.15) is 0 Å². The molecule has 1 atom stereocenters. The van der Waals surface area contributed by atoms with Crippen molar-refractivity contribution in [2.75, 3.05) is 0 Å². The molecule has 0 bridgehead atoms. The average Bonchev–Trinajstić information content (AvgIpc) is 2.71. The maximum Gasteiger partial charge on any atom is 0.589 e. The van der Waals surface area contributed by atoms with E-state index < -0.39 is 13.4 Å². The molecule has 0 saturated heterocycles. The lowest BCUT2D eigenvalue weighted by Gasteiger charge is -2.22. The molecule has 10 heteroatoms. The van der Waals surface area contributed by atoms with Gasteiger partial charge in [-0.05, 0) is 35.9 Å². The number of hydrogen-bond acceptors (Lipinski definition) is 4. The zero-order valence-electron chi connectivity index (χ0n) is 15.1. The Morgan fingerprint density at radius 2 is 1.27 bits per heavy atom. The molecule has 3 aromatic rings. The summed E-state index contributed by atoms with van der Waals surface area (Å²) in [5, 5.41) is 0.593. The molecule has 158 valence electrons. The predicted molar refractivity (Wildman–Crippen MR) is 123 cm³/mol. The summed E-state index contributed by atoms with van der Waals surface area (Å²) >= 11 is 30.7. The summed E-state index contributed by atoms with van der Waals surface area (Å²) in [7, 11) is -4.17. The van der Waals surface area contributed by atoms with Crippen molar-refractivity contribution in [1.82, 2.24) is 0 Å². The van der Waals surface area contributed by atoms with Gasteiger partial charge in [0.05, 0.1) is 20.1 Å². The van der Waals surface area contributed by atoms with Crippen LogP contribution in [0.1, 0.15) is 5.56 Å². The van der Waals surface area contributed by atoms with Crippen molar-refractivity contribution in [2.45, 2.75) is 12.0 Å². The van der Waals surface area contributed by atoms with Gasteiger partial charge in [0.15, 0.2) is 0 Å². The second-order valence-electron chi connectivity index (χ2n) is 5.93. The molecule has 1 unspecified atom stereocenters. The molecule has 0 fully saturated rings. The van der Waals surface area contributed by atoms with Gasteiger partial charge in [-0.15, -0.1) is 0 Å². The van der Waals surface area contributed by atoms with Crippen LogP contribution < -0.4 is 9.05 Å². The molecular weight excluding hydrogens is 512 g/mol. The van der Waals surface area contributed by atoms with E-state index in [-0.39, 0.29) is 38.0 Å². The number of para-hydroxylation sites is 2. The van der Waals surface area contributed by atoms with Gasteiger partial charge < -0.3 is 9.05 Å². The van der Waals surface area contributed by atoms with Gasteiger partial charge in [-0.3, -0.25) is 0 Å². The Labute approximate surface area is 199 Å². The van der Waals surface area contributed by atoms with Crippen molar-refractivity contribution < 1.29 is 18.1 Å². The molecule has 0 heterocycles. The number of phosphoric ester groups is 1. The molecule has 30 heavy (non-hydrogen) atoms. The molecule has 0 amide bonds. The second kappa shape index (κ2) is 10.5. The maximum atomic E-state index is 13.4. The monoisotopic (exact) mass is 524 g/mol. The zero-order valence-corrected chi connectivity index (χ0v) is 19.8. The molecule has 0 spiro atoms. The SMILES string of the molecule is O=P(Oc1ccccc1)(Oc1ccccc1)OC(Cl)Cc1cc(Cl)c(Cl)c(Cl)c1Cl. The van der Waals surface area contributed by atoms with Crippen LogP contribution in [0.25, 0.3) is 0 Å². The van der Waals surface area contributed by atoms with E-state index in [1.54, 1.807) is 60.7 Å². The zero-order chi connectivity index (χ0) is 21.7. The Morgan fingerprint density at radius 1 is 0.767 bits per heavy atom. The van der Waals surface area contributed by atoms with E-state index in [1.807, 2.05) is 0 Å². The summed E-state index contributed by atoms with van der Waals surface area (Å²) in [6, 6.07) is 18.4. The van der Waals surface area contributed by atoms with Crippen LogP contribution in [0.4, 0.5) is 0 Å². The summed E-state index contributed by atoms with van der Waals surface area (Å²) in [6.07, 6.45) is 0.0112. The lowest BCUT2D eigenvalue weighted by Crippen LogP contribution is -2.13. The lowest BCUT2D eigenvalue weighted by atomic mass is 10.1. The van der Waals surface area contributed by atoms with Crippen LogP contribution in [-0.2, 0) is 15.5 Å². The third kappa shape index (κ3) is 6.21. The van der Waals surface area contributed by atoms with Crippen molar-refractivity contribution >= 4 is 65.8 Å². The van der Waals surface area contributed by atoms with Gasteiger partial charge in [-0.25, -0.2) is 9.09 Å². The first-order chi connectivity index (χ1) is 14.3. The van der Waals surface area contributed by atoms with E-state index in [1.165, 1.54) is 6.07 Å². The molecule has 0 aliphatic carbocycles. The third-order valence-electron chi connectivity index (χ3n) is 3.72. The van der Waals surface area contributed by atoms with Crippen LogP contribution in [0.15, 0.2) is 66.7 Å². The Balaban J connectivity index is 1.83. The lowest BCUT2D eigenvalue weighted by molar-refractivity contribution is 0.190. The molecular formula is C20H14Cl5O4P. The maximum absolute atomic E-state index is 13.4. The predicted octanol–water partition coefficient (Wildman–Crippen LogP) is 8.69. The number of rotatable bonds is 8. The molecule has 3 rings (SSSR count). The number of alkyl halides is 1. The topological polar surface area (TPSA) is 44.8 Å². The molecule has 0 saturated carbocycles. The van der Waals surface area contributed by atoms with Crippen LogP contribution in [-0.4, -0.2) is 5.56 Å². The fraction of sp³-hybridized carbons (Fsp3) is 0.100. The fourth-order valence-corrected chi connectivity index (χ4v) is 5.02. The number of benzene rings is 3. The minimum atomic E-state index is -4.17. The minimum absolute atomic E-state index is 0.0112. The highest BCUT2D eigenvalue weighted by molar-refractivity contribution is 7.49. The highest BCUT2D eigenvalue weighted by Crippen LogP contribution is 2.51. The molecule has 0 aromatic heterocycles. The van der Waals surface area contributed by atoms with Crippen LogP contribution in [0.5, 0.6) is 11.5 Å². The molecule has 0 aliphatic heterocycles. The van der Waals surface area contributed by atoms with Gasteiger partial charge in [0.2, 0.25) is 0 Å². The van der Waals surface area contributed by atoms with E-state index in [4.69, 9.17) is 71.6 Å². The van der Waals surface area contributed by atoms with Gasteiger partial charge in [0, 0.05) is 6.42 Å². The van der Waals surface area contributed by atoms with E-state index in [2.05, 4.69) is 0 Å². The summed E-state index contributed by atoms with van der Waals surface area (Å²) in [4.78, 5) is 0. The van der Waals surface area contributed by atoms with Gasteiger partial charge >= 0.3 is 7.82 Å². The van der Waals surface area contributed by atoms with E-state index in [0.29, 0.717) is 5.56 Å². The van der Waals surface area contributed by atoms with E-state index in [9.17, 15) is 4.57 Å². The Bertz CT molecular complexity index is 1000. The summed E-state index contributed by atoms with van der Waals surface area (Å²) in [5.41, 5.74) is -0.684. The first-order valence-corrected chi connectivity index (χ1v) is 11.9. The Kier molecular flexibility index (Phi) is 8.23. The first-order valence-electron chi connectivity index (χ1n) is 8.51. The van der Waals surface area contributed by atoms with Crippen LogP contribution in [0.2, 0.25) is 20.1 Å². The Morgan fingerprint density at radius 3 is 1.77 bits per heavy atom. The number of halogens is 5. The minimum Gasteiger partial charge on any atom is -0.395 e. The van der Waals surface area contributed by atoms with E-state index in [0.717, 1.165) is 0 Å². The first kappa shape index (κ1) is 23.6. The quantitative estimate of drug-likeness (QED) is 0.127. The normalized spacial score (nSPS) is 12.4. The van der Waals surface area contributed by atoms with Gasteiger partial charge in [0.25, 0.3) is 0 Å². The summed E-state index contributed by atoms with van der Waals surface area (Å²) < 4.78 is 29.9. The highest BCUT2D eigenvalue weighted by Gasteiger charge is 2.34. The smallest absolute Gasteiger partial charge is 0.395 e. The standard InChI is InChI=1S/C20H14Cl5O4P/c21-16-11-13(18(23)20(25)19(16)24)12-17(22)29-30(26,27-14-7-3-1-4-8-14)28-15-9-5-2-6-10-15/h1-11,17H,12H2. The van der Waals surface area contributed by atoms with Crippen molar-refractivity contribution in [3.8, 4) is 11.5 Å². The second-order valence-corrected chi connectivity index (χ2v) is 9.43. The Hall–Kier alpha value is -1.10. The summed E-state index contributed by atoms with van der Waals surface area (Å²) in [6.45, 7) is 0. The number of hydrogen-bond donors (Lipinski definition) is 0. The average molecular weight is 527 g/mol. The van der Waals surface area contributed by atoms with Crippen molar-refractivity contribution in [3.63, 3.8) is 0 Å². The molecule has 0 N–H and O–H groups in total. The molecule has 0 radical (unpaired) electrons. The highest BCUT2D eigenvalue weighted by atomic mass is 35.5. The van der Waals surface area contributed by atoms with Crippen molar-refractivity contribution in [3.05, 3.63) is 92.4 Å². The van der Waals surface area contributed by atoms with E-state index >= 15 is 0 Å². The van der Waals surface area contributed by atoms with Gasteiger partial charge in [0.1, 0.15) is 17.1 Å². The van der Waals surface area contributed by atoms with Gasteiger partial charge in [-0.1, -0.05) is 94.4 Å². The largest absolute Gasteiger partial charge is 0.589 e. The third-order valence-corrected chi connectivity index (χ3v) is 7.26. The van der Waals surface area contributed by atoms with Crippen molar-refractivity contribution in [2.24, 2.45) is 0 Å².